The molecule has 5 heteroatoms. The van der Waals surface area contributed by atoms with Gasteiger partial charge in [0.05, 0.1) is 22.8 Å². The zero-order valence-electron chi connectivity index (χ0n) is 13.1. The third-order valence-corrected chi connectivity index (χ3v) is 4.04. The van der Waals surface area contributed by atoms with Gasteiger partial charge in [-0.2, -0.15) is 0 Å². The van der Waals surface area contributed by atoms with Gasteiger partial charge >= 0.3 is 16.5 Å². The Hall–Kier alpha value is -2.91. The third-order valence-electron chi connectivity index (χ3n) is 4.04. The summed E-state index contributed by atoms with van der Waals surface area (Å²) in [5.41, 5.74) is 7.86. The molecule has 5 heterocycles. The van der Waals surface area contributed by atoms with Crippen LogP contribution in [0, 0.1) is 0 Å². The molecule has 0 unspecified atom stereocenters. The molecule has 0 radical (unpaired) electrons. The number of hydrogen-bond donors (Lipinski definition) is 2. The number of fused-ring (bicyclic) bond motifs is 8. The summed E-state index contributed by atoms with van der Waals surface area (Å²) >= 11 is 0. The summed E-state index contributed by atoms with van der Waals surface area (Å²) in [5, 5.41) is 0. The first-order valence-corrected chi connectivity index (χ1v) is 7.85. The minimum Gasteiger partial charge on any atom is -0.355 e. The van der Waals surface area contributed by atoms with Gasteiger partial charge in [0.25, 0.3) is 0 Å². The molecule has 5 rings (SSSR count). The molecule has 4 nitrogen and oxygen atoms in total. The molecule has 2 N–H and O–H groups in total. The molecule has 25 heavy (non-hydrogen) atoms. The number of hydrogen-bond acceptors (Lipinski definition) is 2. The first kappa shape index (κ1) is 15.6. The van der Waals surface area contributed by atoms with Crippen LogP contribution in [-0.2, 0) is 16.5 Å². The van der Waals surface area contributed by atoms with E-state index in [4.69, 9.17) is 0 Å². The van der Waals surface area contributed by atoms with Gasteiger partial charge in [-0.15, -0.1) is 0 Å². The maximum Gasteiger partial charge on any atom is 2.00 e. The van der Waals surface area contributed by atoms with Crippen LogP contribution in [0.2, 0.25) is 0 Å². The molecule has 0 saturated carbocycles. The Morgan fingerprint density at radius 1 is 0.480 bits per heavy atom. The van der Waals surface area contributed by atoms with E-state index in [1.807, 2.05) is 42.5 Å². The van der Waals surface area contributed by atoms with Crippen LogP contribution >= 0.6 is 0 Å². The second-order valence-electron chi connectivity index (χ2n) is 5.91. The largest absolute Gasteiger partial charge is 2.00 e. The average Bonchev–Trinajstić information content (AvgIpc) is 3.32. The Morgan fingerprint density at radius 2 is 0.840 bits per heavy atom. The predicted molar refractivity (Wildman–Crippen MR) is 98.9 cm³/mol. The fraction of sp³-hybridized carbons (Fsp3) is 0. The Morgan fingerprint density at radius 3 is 1.28 bits per heavy atom. The summed E-state index contributed by atoms with van der Waals surface area (Å²) in [6, 6.07) is 16.4. The molecular weight excluding hydrogens is 355 g/mol. The maximum atomic E-state index is 4.62. The quantitative estimate of drug-likeness (QED) is 0.391. The van der Waals surface area contributed by atoms with Crippen molar-refractivity contribution in [2.24, 2.45) is 0 Å². The summed E-state index contributed by atoms with van der Waals surface area (Å²) in [6.07, 6.45) is 8.05. The van der Waals surface area contributed by atoms with Gasteiger partial charge in [-0.05, 0) is 72.8 Å². The van der Waals surface area contributed by atoms with Crippen LogP contribution < -0.4 is 0 Å². The van der Waals surface area contributed by atoms with Crippen molar-refractivity contribution < 1.29 is 16.5 Å². The number of rotatable bonds is 0. The molecule has 3 aromatic heterocycles. The van der Waals surface area contributed by atoms with Crippen molar-refractivity contribution >= 4 is 46.4 Å². The van der Waals surface area contributed by atoms with Crippen LogP contribution in [0.5, 0.6) is 0 Å². The minimum absolute atomic E-state index is 0. The van der Waals surface area contributed by atoms with E-state index in [1.54, 1.807) is 0 Å². The van der Waals surface area contributed by atoms with Crippen molar-refractivity contribution in [2.75, 3.05) is 0 Å². The van der Waals surface area contributed by atoms with Gasteiger partial charge in [-0.1, -0.05) is 0 Å². The van der Waals surface area contributed by atoms with E-state index in [1.165, 1.54) is 0 Å². The molecule has 122 valence electrons. The van der Waals surface area contributed by atoms with Crippen LogP contribution in [0.15, 0.2) is 48.5 Å². The smallest absolute Gasteiger partial charge is 0.355 e. The second kappa shape index (κ2) is 6.19. The predicted octanol–water partition coefficient (Wildman–Crippen LogP) is 4.65. The fourth-order valence-corrected chi connectivity index (χ4v) is 2.94. The number of nitrogens with one attached hydrogen (secondary N) is 2. The van der Waals surface area contributed by atoms with E-state index < -0.39 is 0 Å². The standard InChI is InChI=1S/C20H14N4.Ni/c1-2-14-10-16-5-6-18(23-16)12-20-8-7-19(24-20)11-17-4-3-15(22-17)9-13(1)21-14;/h1-12,21-22H;/q;+2. The van der Waals surface area contributed by atoms with Gasteiger partial charge in [-0.25, -0.2) is 9.97 Å². The molecule has 2 aliphatic heterocycles. The van der Waals surface area contributed by atoms with E-state index >= 15 is 0 Å². The number of nitrogens with zero attached hydrogens (tertiary/aromatic N) is 2. The molecule has 0 spiro atoms. The SMILES string of the molecule is C1=Cc2cc3ccc(cc4ccc(cc5nc(cc1n2)C=C5)[nH]4)[nH]3.[Ni+2]. The number of aromatic amines is 2. The van der Waals surface area contributed by atoms with Crippen LogP contribution in [0.4, 0.5) is 0 Å². The summed E-state index contributed by atoms with van der Waals surface area (Å²) in [5.74, 6) is 0. The zero-order chi connectivity index (χ0) is 15.9. The molecule has 2 aliphatic rings. The van der Waals surface area contributed by atoms with E-state index in [9.17, 15) is 0 Å². The van der Waals surface area contributed by atoms with Crippen LogP contribution in [0.1, 0.15) is 22.8 Å². The molecule has 3 aromatic rings. The van der Waals surface area contributed by atoms with E-state index in [0.717, 1.165) is 44.8 Å². The van der Waals surface area contributed by atoms with Crippen molar-refractivity contribution in [2.45, 2.75) is 0 Å². The summed E-state index contributed by atoms with van der Waals surface area (Å²) < 4.78 is 0. The minimum atomic E-state index is 0. The topological polar surface area (TPSA) is 57.4 Å². The van der Waals surface area contributed by atoms with Crippen molar-refractivity contribution in [1.29, 1.82) is 0 Å². The third kappa shape index (κ3) is 3.19. The molecule has 0 amide bonds. The molecular formula is C20H14N4Ni+2. The average molecular weight is 369 g/mol. The zero-order valence-corrected chi connectivity index (χ0v) is 14.1. The first-order chi connectivity index (χ1) is 11.8. The Balaban J connectivity index is 0.00000157. The normalized spacial score (nSPS) is 12.2. The first-order valence-electron chi connectivity index (χ1n) is 7.85. The summed E-state index contributed by atoms with van der Waals surface area (Å²) in [4.78, 5) is 16.0. The molecule has 0 aliphatic carbocycles. The van der Waals surface area contributed by atoms with E-state index in [-0.39, 0.29) is 16.5 Å². The Kier molecular flexibility index (Phi) is 3.87. The van der Waals surface area contributed by atoms with Gasteiger partial charge in [0.2, 0.25) is 0 Å². The van der Waals surface area contributed by atoms with Gasteiger partial charge < -0.3 is 9.97 Å². The summed E-state index contributed by atoms with van der Waals surface area (Å²) in [6.45, 7) is 0. The Bertz CT molecular complexity index is 1080. The second-order valence-corrected chi connectivity index (χ2v) is 5.91. The van der Waals surface area contributed by atoms with Gasteiger partial charge in [0.15, 0.2) is 0 Å². The maximum absolute atomic E-state index is 4.62. The molecule has 0 aromatic carbocycles. The van der Waals surface area contributed by atoms with E-state index in [0.29, 0.717) is 0 Å². The molecule has 0 saturated heterocycles. The van der Waals surface area contributed by atoms with Crippen LogP contribution in [0.3, 0.4) is 0 Å². The molecule has 0 atom stereocenters. The van der Waals surface area contributed by atoms with Crippen molar-refractivity contribution in [1.82, 2.24) is 19.9 Å². The van der Waals surface area contributed by atoms with Gasteiger partial charge in [0, 0.05) is 22.1 Å². The van der Waals surface area contributed by atoms with Gasteiger partial charge in [-0.3, -0.25) is 0 Å². The monoisotopic (exact) mass is 368 g/mol. The Labute approximate surface area is 154 Å². The van der Waals surface area contributed by atoms with Gasteiger partial charge in [0.1, 0.15) is 0 Å². The van der Waals surface area contributed by atoms with E-state index in [2.05, 4.69) is 50.3 Å². The van der Waals surface area contributed by atoms with Crippen molar-refractivity contribution in [3.63, 3.8) is 0 Å². The number of aromatic nitrogens is 4. The fourth-order valence-electron chi connectivity index (χ4n) is 2.94. The van der Waals surface area contributed by atoms with Crippen molar-refractivity contribution in [3.8, 4) is 0 Å². The van der Waals surface area contributed by atoms with Crippen LogP contribution in [-0.4, -0.2) is 19.9 Å². The summed E-state index contributed by atoms with van der Waals surface area (Å²) in [7, 11) is 0. The van der Waals surface area contributed by atoms with Crippen LogP contribution in [0.25, 0.3) is 46.4 Å². The molecule has 8 bridgehead atoms. The van der Waals surface area contributed by atoms with Crippen molar-refractivity contribution in [3.05, 3.63) is 71.3 Å². The molecule has 0 fully saturated rings. The number of H-pyrrole nitrogens is 2.